The third kappa shape index (κ3) is 2.79. The van der Waals surface area contributed by atoms with Crippen LogP contribution in [-0.2, 0) is 0 Å². The Bertz CT molecular complexity index is 711. The van der Waals surface area contributed by atoms with Crippen LogP contribution < -0.4 is 4.90 Å². The van der Waals surface area contributed by atoms with Crippen molar-refractivity contribution in [3.63, 3.8) is 0 Å². The molecule has 0 saturated heterocycles. The zero-order valence-corrected chi connectivity index (χ0v) is 11.1. The van der Waals surface area contributed by atoms with Crippen molar-refractivity contribution in [2.45, 2.75) is 0 Å². The number of nitrogens with zero attached hydrogens (tertiary/aromatic N) is 1. The molecule has 2 aromatic carbocycles. The van der Waals surface area contributed by atoms with E-state index in [9.17, 15) is 19.8 Å². The normalized spacial score (nSPS) is 10.1. The SMILES string of the molecule is CN(C(=O)c1cc(O)ccc1O)c1ccccc1C(=O)O. The smallest absolute Gasteiger partial charge is 0.337 e. The molecule has 0 aliphatic rings. The standard InChI is InChI=1S/C15H13NO5/c1-16(12-5-3-2-4-10(12)15(20)21)14(19)11-8-9(17)6-7-13(11)18/h2-8,17-18H,1H3,(H,20,21). The Hall–Kier alpha value is -3.02. The number of carbonyl (C=O) groups excluding carboxylic acids is 1. The summed E-state index contributed by atoms with van der Waals surface area (Å²) in [6.07, 6.45) is 0. The van der Waals surface area contributed by atoms with Crippen molar-refractivity contribution in [3.8, 4) is 11.5 Å². The lowest BCUT2D eigenvalue weighted by Crippen LogP contribution is -2.28. The second-order valence-corrected chi connectivity index (χ2v) is 4.39. The van der Waals surface area contributed by atoms with E-state index in [0.717, 1.165) is 11.0 Å². The van der Waals surface area contributed by atoms with Gasteiger partial charge in [0.25, 0.3) is 5.91 Å². The monoisotopic (exact) mass is 287 g/mol. The molecule has 6 heteroatoms. The van der Waals surface area contributed by atoms with Crippen molar-refractivity contribution in [1.29, 1.82) is 0 Å². The number of hydrogen-bond donors (Lipinski definition) is 3. The van der Waals surface area contributed by atoms with Gasteiger partial charge in [-0.1, -0.05) is 12.1 Å². The molecular weight excluding hydrogens is 274 g/mol. The minimum absolute atomic E-state index is 0.0343. The van der Waals surface area contributed by atoms with Crippen molar-refractivity contribution in [2.75, 3.05) is 11.9 Å². The molecule has 0 spiro atoms. The van der Waals surface area contributed by atoms with E-state index in [1.54, 1.807) is 12.1 Å². The highest BCUT2D eigenvalue weighted by atomic mass is 16.4. The van der Waals surface area contributed by atoms with Gasteiger partial charge < -0.3 is 20.2 Å². The molecule has 0 fully saturated rings. The fourth-order valence-corrected chi connectivity index (χ4v) is 1.93. The Morgan fingerprint density at radius 2 is 1.67 bits per heavy atom. The average Bonchev–Trinajstić information content (AvgIpc) is 2.48. The van der Waals surface area contributed by atoms with Crippen molar-refractivity contribution >= 4 is 17.6 Å². The molecule has 6 nitrogen and oxygen atoms in total. The number of para-hydroxylation sites is 1. The van der Waals surface area contributed by atoms with Crippen LogP contribution in [0.15, 0.2) is 42.5 Å². The number of anilines is 1. The summed E-state index contributed by atoms with van der Waals surface area (Å²) in [5, 5.41) is 28.2. The van der Waals surface area contributed by atoms with Gasteiger partial charge in [-0.25, -0.2) is 4.79 Å². The fourth-order valence-electron chi connectivity index (χ4n) is 1.93. The highest BCUT2D eigenvalue weighted by Crippen LogP contribution is 2.26. The van der Waals surface area contributed by atoms with Crippen LogP contribution in [0.25, 0.3) is 0 Å². The molecule has 0 unspecified atom stereocenters. The Kier molecular flexibility index (Phi) is 3.80. The van der Waals surface area contributed by atoms with E-state index in [-0.39, 0.29) is 28.3 Å². The largest absolute Gasteiger partial charge is 0.508 e. The predicted molar refractivity (Wildman–Crippen MR) is 75.9 cm³/mol. The molecule has 108 valence electrons. The summed E-state index contributed by atoms with van der Waals surface area (Å²) in [6.45, 7) is 0. The summed E-state index contributed by atoms with van der Waals surface area (Å²) in [5.74, 6) is -2.25. The van der Waals surface area contributed by atoms with E-state index in [4.69, 9.17) is 5.11 Å². The van der Waals surface area contributed by atoms with Gasteiger partial charge in [0.1, 0.15) is 11.5 Å². The van der Waals surface area contributed by atoms with Gasteiger partial charge in [-0.05, 0) is 30.3 Å². The predicted octanol–water partition coefficient (Wildman–Crippen LogP) is 2.07. The summed E-state index contributed by atoms with van der Waals surface area (Å²) in [7, 11) is 1.40. The number of carboxylic acid groups (broad SMARTS) is 1. The van der Waals surface area contributed by atoms with Crippen molar-refractivity contribution in [3.05, 3.63) is 53.6 Å². The fraction of sp³-hybridized carbons (Fsp3) is 0.0667. The number of benzene rings is 2. The number of phenolic OH excluding ortho intramolecular Hbond substituents is 2. The first kappa shape index (κ1) is 14.4. The van der Waals surface area contributed by atoms with Gasteiger partial charge in [-0.15, -0.1) is 0 Å². The highest BCUT2D eigenvalue weighted by Gasteiger charge is 2.21. The van der Waals surface area contributed by atoms with Crippen LogP contribution in [0, 0.1) is 0 Å². The molecule has 0 bridgehead atoms. The van der Waals surface area contributed by atoms with E-state index in [1.165, 1.54) is 31.3 Å². The number of aromatic carboxylic acids is 1. The summed E-state index contributed by atoms with van der Waals surface area (Å²) in [5.41, 5.74) is 0.0448. The van der Waals surface area contributed by atoms with E-state index in [1.807, 2.05) is 0 Å². The molecule has 0 aromatic heterocycles. The van der Waals surface area contributed by atoms with Crippen LogP contribution in [0.3, 0.4) is 0 Å². The van der Waals surface area contributed by atoms with Crippen molar-refractivity contribution < 1.29 is 24.9 Å². The molecule has 0 radical (unpaired) electrons. The second-order valence-electron chi connectivity index (χ2n) is 4.39. The van der Waals surface area contributed by atoms with Gasteiger partial charge in [0.05, 0.1) is 16.8 Å². The molecule has 3 N–H and O–H groups in total. The zero-order chi connectivity index (χ0) is 15.6. The highest BCUT2D eigenvalue weighted by molar-refractivity contribution is 6.10. The van der Waals surface area contributed by atoms with Crippen molar-refractivity contribution in [1.82, 2.24) is 0 Å². The third-order valence-electron chi connectivity index (χ3n) is 3.01. The van der Waals surface area contributed by atoms with Crippen LogP contribution in [0.5, 0.6) is 11.5 Å². The molecule has 2 rings (SSSR count). The maximum absolute atomic E-state index is 12.4. The number of carboxylic acids is 1. The number of amides is 1. The van der Waals surface area contributed by atoms with Gasteiger partial charge in [0.15, 0.2) is 0 Å². The number of rotatable bonds is 3. The lowest BCUT2D eigenvalue weighted by Gasteiger charge is -2.19. The molecule has 21 heavy (non-hydrogen) atoms. The zero-order valence-electron chi connectivity index (χ0n) is 11.1. The van der Waals surface area contributed by atoms with E-state index >= 15 is 0 Å². The Labute approximate surface area is 120 Å². The number of carbonyl (C=O) groups is 2. The van der Waals surface area contributed by atoms with E-state index in [0.29, 0.717) is 0 Å². The summed E-state index contributed by atoms with van der Waals surface area (Å²) in [4.78, 5) is 24.6. The number of phenols is 2. The first-order valence-electron chi connectivity index (χ1n) is 6.04. The maximum Gasteiger partial charge on any atom is 0.337 e. The van der Waals surface area contributed by atoms with Gasteiger partial charge >= 0.3 is 5.97 Å². The van der Waals surface area contributed by atoms with Crippen LogP contribution in [-0.4, -0.2) is 34.2 Å². The summed E-state index contributed by atoms with van der Waals surface area (Å²) >= 11 is 0. The van der Waals surface area contributed by atoms with E-state index in [2.05, 4.69) is 0 Å². The molecule has 0 aliphatic heterocycles. The van der Waals surface area contributed by atoms with Gasteiger partial charge in [0, 0.05) is 7.05 Å². The third-order valence-corrected chi connectivity index (χ3v) is 3.01. The minimum Gasteiger partial charge on any atom is -0.508 e. The lowest BCUT2D eigenvalue weighted by molar-refractivity contribution is 0.0697. The molecule has 0 atom stereocenters. The quantitative estimate of drug-likeness (QED) is 0.751. The minimum atomic E-state index is -1.16. The molecule has 1 amide bonds. The Morgan fingerprint density at radius 3 is 2.33 bits per heavy atom. The van der Waals surface area contributed by atoms with Crippen LogP contribution in [0.2, 0.25) is 0 Å². The van der Waals surface area contributed by atoms with Crippen LogP contribution in [0.4, 0.5) is 5.69 Å². The van der Waals surface area contributed by atoms with Crippen LogP contribution in [0.1, 0.15) is 20.7 Å². The molecule has 0 heterocycles. The average molecular weight is 287 g/mol. The summed E-state index contributed by atoms with van der Waals surface area (Å²) in [6, 6.07) is 9.59. The van der Waals surface area contributed by atoms with Gasteiger partial charge in [-0.2, -0.15) is 0 Å². The molecule has 0 saturated carbocycles. The lowest BCUT2D eigenvalue weighted by atomic mass is 10.1. The number of aromatic hydroxyl groups is 2. The molecular formula is C15H13NO5. The second kappa shape index (κ2) is 5.54. The van der Waals surface area contributed by atoms with Crippen LogP contribution >= 0.6 is 0 Å². The maximum atomic E-state index is 12.4. The van der Waals surface area contributed by atoms with E-state index < -0.39 is 11.9 Å². The molecule has 0 aliphatic carbocycles. The van der Waals surface area contributed by atoms with Crippen molar-refractivity contribution in [2.24, 2.45) is 0 Å². The Morgan fingerprint density at radius 1 is 1.00 bits per heavy atom. The first-order chi connectivity index (χ1) is 9.91. The Balaban J connectivity index is 2.45. The topological polar surface area (TPSA) is 98.1 Å². The summed E-state index contributed by atoms with van der Waals surface area (Å²) < 4.78 is 0. The molecule has 2 aromatic rings. The van der Waals surface area contributed by atoms with Gasteiger partial charge in [0.2, 0.25) is 0 Å². The number of hydrogen-bond acceptors (Lipinski definition) is 4. The van der Waals surface area contributed by atoms with Gasteiger partial charge in [-0.3, -0.25) is 4.79 Å². The first-order valence-corrected chi connectivity index (χ1v) is 6.04.